The van der Waals surface area contributed by atoms with Crippen LogP contribution in [0.3, 0.4) is 0 Å². The largest absolute Gasteiger partial charge is 0.304 e. The molecule has 9 heteroatoms. The van der Waals surface area contributed by atoms with Crippen LogP contribution < -0.4 is 4.72 Å². The summed E-state index contributed by atoms with van der Waals surface area (Å²) < 4.78 is 30.4. The predicted molar refractivity (Wildman–Crippen MR) is 111 cm³/mol. The molecule has 0 aliphatic carbocycles. The minimum absolute atomic E-state index is 0.245. The molecule has 3 aromatic heterocycles. The van der Waals surface area contributed by atoms with Crippen LogP contribution in [0.4, 0.5) is 0 Å². The van der Waals surface area contributed by atoms with Crippen LogP contribution in [0.15, 0.2) is 46.2 Å². The van der Waals surface area contributed by atoms with E-state index in [2.05, 4.69) is 32.6 Å². The van der Waals surface area contributed by atoms with Gasteiger partial charge < -0.3 is 4.90 Å². The first-order valence-electron chi connectivity index (χ1n) is 8.82. The van der Waals surface area contributed by atoms with E-state index in [1.165, 1.54) is 16.2 Å². The Bertz CT molecular complexity index is 960. The number of nitrogens with one attached hydrogen (secondary N) is 1. The average Bonchev–Trinajstić information content (AvgIpc) is 3.31. The third-order valence-electron chi connectivity index (χ3n) is 4.80. The van der Waals surface area contributed by atoms with Crippen LogP contribution in [0.1, 0.15) is 4.88 Å². The van der Waals surface area contributed by atoms with Gasteiger partial charge in [-0.05, 0) is 30.6 Å². The number of sulfonamides is 1. The van der Waals surface area contributed by atoms with E-state index < -0.39 is 10.0 Å². The third-order valence-corrected chi connectivity index (χ3v) is 8.75. The summed E-state index contributed by atoms with van der Waals surface area (Å²) in [5, 5.41) is 2.89. The summed E-state index contributed by atoms with van der Waals surface area (Å²) in [4.78, 5) is 9.77. The van der Waals surface area contributed by atoms with E-state index in [0.29, 0.717) is 10.6 Å². The first-order valence-corrected chi connectivity index (χ1v) is 12.0. The minimum Gasteiger partial charge on any atom is -0.304 e. The van der Waals surface area contributed by atoms with Crippen LogP contribution in [0.25, 0.3) is 10.1 Å². The number of nitrogens with zero attached hydrogens (tertiary/aromatic N) is 3. The van der Waals surface area contributed by atoms with Gasteiger partial charge in [-0.25, -0.2) is 8.42 Å². The molecule has 3 aromatic rings. The van der Waals surface area contributed by atoms with Crippen LogP contribution in [-0.4, -0.2) is 62.6 Å². The fourth-order valence-electron chi connectivity index (χ4n) is 3.23. The maximum Gasteiger partial charge on any atom is 0.251 e. The Kier molecular flexibility index (Phi) is 5.58. The van der Waals surface area contributed by atoms with Crippen LogP contribution in [-0.2, 0) is 16.4 Å². The van der Waals surface area contributed by atoms with Crippen LogP contribution >= 0.6 is 22.7 Å². The summed E-state index contributed by atoms with van der Waals surface area (Å²) in [6.07, 6.45) is 3.82. The summed E-state index contributed by atoms with van der Waals surface area (Å²) in [6.45, 7) is 3.59. The van der Waals surface area contributed by atoms with Crippen molar-refractivity contribution in [1.82, 2.24) is 19.5 Å². The molecule has 144 valence electrons. The molecule has 1 atom stereocenters. The highest BCUT2D eigenvalue weighted by Crippen LogP contribution is 2.28. The van der Waals surface area contributed by atoms with Gasteiger partial charge in [0.15, 0.2) is 0 Å². The van der Waals surface area contributed by atoms with Crippen molar-refractivity contribution in [3.05, 3.63) is 46.9 Å². The molecule has 0 amide bonds. The lowest BCUT2D eigenvalue weighted by Gasteiger charge is -2.37. The molecular weight excluding hydrogens is 400 g/mol. The lowest BCUT2D eigenvalue weighted by molar-refractivity contribution is 0.106. The van der Waals surface area contributed by atoms with E-state index in [9.17, 15) is 8.42 Å². The monoisotopic (exact) mass is 422 g/mol. The van der Waals surface area contributed by atoms with Gasteiger partial charge in [-0.1, -0.05) is 6.07 Å². The lowest BCUT2D eigenvalue weighted by atomic mass is 10.2. The Morgan fingerprint density at radius 3 is 2.78 bits per heavy atom. The summed E-state index contributed by atoms with van der Waals surface area (Å²) in [5.74, 6) is 0. The zero-order valence-corrected chi connectivity index (χ0v) is 17.5. The number of hydrogen-bond donors (Lipinski definition) is 1. The van der Waals surface area contributed by atoms with Crippen molar-refractivity contribution in [1.29, 1.82) is 0 Å². The quantitative estimate of drug-likeness (QED) is 0.661. The summed E-state index contributed by atoms with van der Waals surface area (Å²) >= 11 is 2.95. The van der Waals surface area contributed by atoms with E-state index in [0.717, 1.165) is 36.3 Å². The lowest BCUT2D eigenvalue weighted by Crippen LogP contribution is -2.55. The fraction of sp³-hybridized carbons (Fsp3) is 0.389. The van der Waals surface area contributed by atoms with E-state index in [4.69, 9.17) is 0 Å². The number of pyridine rings is 1. The summed E-state index contributed by atoms with van der Waals surface area (Å²) in [5.41, 5.74) is 0. The van der Waals surface area contributed by atoms with Crippen molar-refractivity contribution >= 4 is 42.8 Å². The summed E-state index contributed by atoms with van der Waals surface area (Å²) in [7, 11) is -1.50. The number of hydrogen-bond acceptors (Lipinski definition) is 7. The topological polar surface area (TPSA) is 65.5 Å². The van der Waals surface area contributed by atoms with Crippen molar-refractivity contribution in [2.75, 3.05) is 33.2 Å². The van der Waals surface area contributed by atoms with E-state index in [-0.39, 0.29) is 6.17 Å². The molecule has 0 radical (unpaired) electrons. The SMILES string of the molecule is CN1CCN(C(Cc2cccs2)NS(=O)(=O)c2cc3cnccc3s2)CC1. The zero-order valence-electron chi connectivity index (χ0n) is 15.0. The van der Waals surface area contributed by atoms with E-state index in [1.807, 2.05) is 17.5 Å². The Morgan fingerprint density at radius 1 is 1.26 bits per heavy atom. The number of likely N-dealkylation sites (N-methyl/N-ethyl adjacent to an activating group) is 1. The maximum atomic E-state index is 13.1. The van der Waals surface area contributed by atoms with Gasteiger partial charge in [-0.3, -0.25) is 9.88 Å². The van der Waals surface area contributed by atoms with Crippen molar-refractivity contribution in [2.45, 2.75) is 16.8 Å². The first-order chi connectivity index (χ1) is 13.0. The second kappa shape index (κ2) is 7.94. The molecule has 6 nitrogen and oxygen atoms in total. The number of thiophene rings is 2. The summed E-state index contributed by atoms with van der Waals surface area (Å²) in [6, 6.07) is 7.63. The van der Waals surface area contributed by atoms with Gasteiger partial charge in [0.05, 0.1) is 6.17 Å². The molecule has 1 aliphatic rings. The Morgan fingerprint density at radius 2 is 2.07 bits per heavy atom. The van der Waals surface area contributed by atoms with Gasteiger partial charge in [0, 0.05) is 60.0 Å². The molecule has 0 aromatic carbocycles. The highest BCUT2D eigenvalue weighted by atomic mass is 32.2. The molecule has 4 rings (SSSR count). The normalized spacial score (nSPS) is 18.1. The number of aromatic nitrogens is 1. The van der Waals surface area contributed by atoms with E-state index >= 15 is 0 Å². The maximum absolute atomic E-state index is 13.1. The van der Waals surface area contributed by atoms with E-state index in [1.54, 1.807) is 29.8 Å². The first kappa shape index (κ1) is 19.0. The molecule has 1 N–H and O–H groups in total. The third kappa shape index (κ3) is 4.39. The van der Waals surface area contributed by atoms with Crippen molar-refractivity contribution in [3.63, 3.8) is 0 Å². The molecule has 4 heterocycles. The molecule has 1 fully saturated rings. The van der Waals surface area contributed by atoms with Gasteiger partial charge in [0.25, 0.3) is 10.0 Å². The fourth-order valence-corrected chi connectivity index (χ4v) is 6.57. The highest BCUT2D eigenvalue weighted by Gasteiger charge is 2.28. The highest BCUT2D eigenvalue weighted by molar-refractivity contribution is 7.91. The number of fused-ring (bicyclic) bond motifs is 1. The Labute approximate surface area is 167 Å². The van der Waals surface area contributed by atoms with Gasteiger partial charge in [0.2, 0.25) is 0 Å². The van der Waals surface area contributed by atoms with Gasteiger partial charge >= 0.3 is 0 Å². The molecule has 1 saturated heterocycles. The second-order valence-electron chi connectivity index (χ2n) is 6.74. The molecule has 27 heavy (non-hydrogen) atoms. The number of piperazine rings is 1. The Balaban J connectivity index is 1.59. The molecule has 1 aliphatic heterocycles. The van der Waals surface area contributed by atoms with Crippen molar-refractivity contribution < 1.29 is 8.42 Å². The Hall–Kier alpha value is -1.36. The number of rotatable bonds is 6. The predicted octanol–water partition coefficient (Wildman–Crippen LogP) is 2.45. The minimum atomic E-state index is -3.60. The standard InChI is InChI=1S/C18H22N4O2S3/c1-21-6-8-22(9-7-21)17(12-15-3-2-10-25-15)20-27(23,24)18-11-14-13-19-5-4-16(14)26-18/h2-5,10-11,13,17,20H,6-9,12H2,1H3. The van der Waals surface area contributed by atoms with Gasteiger partial charge in [-0.15, -0.1) is 22.7 Å². The molecular formula is C18H22N4O2S3. The zero-order chi connectivity index (χ0) is 18.9. The second-order valence-corrected chi connectivity index (χ2v) is 10.8. The molecule has 0 bridgehead atoms. The molecule has 0 saturated carbocycles. The van der Waals surface area contributed by atoms with Crippen molar-refractivity contribution in [2.24, 2.45) is 0 Å². The molecule has 0 spiro atoms. The smallest absolute Gasteiger partial charge is 0.251 e. The van der Waals surface area contributed by atoms with Crippen LogP contribution in [0, 0.1) is 0 Å². The van der Waals surface area contributed by atoms with Crippen molar-refractivity contribution in [3.8, 4) is 0 Å². The van der Waals surface area contributed by atoms with Crippen LogP contribution in [0.5, 0.6) is 0 Å². The molecule has 1 unspecified atom stereocenters. The van der Waals surface area contributed by atoms with Gasteiger partial charge in [0.1, 0.15) is 4.21 Å². The average molecular weight is 423 g/mol. The van der Waals surface area contributed by atoms with Crippen LogP contribution in [0.2, 0.25) is 0 Å². The van der Waals surface area contributed by atoms with Gasteiger partial charge in [-0.2, -0.15) is 4.72 Å².